The van der Waals surface area contributed by atoms with Gasteiger partial charge >= 0.3 is 37.7 Å². The zero-order valence-electron chi connectivity index (χ0n) is 0.878. The van der Waals surface area contributed by atoms with E-state index in [9.17, 15) is 0 Å². The molecule has 0 aromatic heterocycles. The minimum atomic E-state index is 0. The molecule has 0 atom stereocenters. The predicted octanol–water partition coefficient (Wildman–Crippen LogP) is -3.20. The van der Waals surface area contributed by atoms with E-state index >= 15 is 0 Å². The fourth-order valence-electron chi connectivity index (χ4n) is 0. The topological polar surface area (TPSA) is 31.5 Å². The Morgan fingerprint density at radius 2 is 1.00 bits per heavy atom. The molecule has 0 unspecified atom stereocenters. The summed E-state index contributed by atoms with van der Waals surface area (Å²) in [5.74, 6) is 0. The maximum absolute atomic E-state index is 0. The van der Waals surface area contributed by atoms with Gasteiger partial charge < -0.3 is 5.48 Å². The maximum atomic E-state index is 0. The van der Waals surface area contributed by atoms with Gasteiger partial charge in [-0.25, -0.2) is 0 Å². The Bertz CT molecular complexity index is 8.00. The van der Waals surface area contributed by atoms with Gasteiger partial charge in [0.15, 0.2) is 0 Å². The Labute approximate surface area is 70.3 Å². The van der Waals surface area contributed by atoms with Gasteiger partial charge in [0.25, 0.3) is 0 Å². The molecule has 4 heavy (non-hydrogen) atoms. The van der Waals surface area contributed by atoms with E-state index in [0.717, 1.165) is 0 Å². The molecule has 1 nitrogen and oxygen atoms in total. The third-order valence-corrected chi connectivity index (χ3v) is 0. The quantitative estimate of drug-likeness (QED) is 0.323. The van der Waals surface area contributed by atoms with Crippen LogP contribution < -0.4 is 0 Å². The minimum absolute atomic E-state index is 0. The molecule has 0 heterocycles. The molecule has 0 fully saturated rings. The molecule has 0 spiro atoms. The number of hydrogen-bond acceptors (Lipinski definition) is 0. The van der Waals surface area contributed by atoms with Crippen molar-refractivity contribution in [2.45, 2.75) is 0 Å². The fourth-order valence-corrected chi connectivity index (χ4v) is 0. The maximum Gasteiger partial charge on any atom is 0 e. The number of hydrogen-bond donors (Lipinski definition) is 0. The van der Waals surface area contributed by atoms with Gasteiger partial charge in [-0.05, 0) is 11.0 Å². The molecule has 1 radical (unpaired) electrons. The molecule has 0 aliphatic carbocycles. The molecule has 27 valence electrons. The van der Waals surface area contributed by atoms with Gasteiger partial charge in [-0.1, -0.05) is 0 Å². The molecule has 0 aromatic carbocycles. The van der Waals surface area contributed by atoms with Gasteiger partial charge in [0.1, 0.15) is 0 Å². The summed E-state index contributed by atoms with van der Waals surface area (Å²) in [5.41, 5.74) is 0. The van der Waals surface area contributed by atoms with Crippen LogP contribution >= 0.6 is 0 Å². The molecule has 0 bridgehead atoms. The standard InChI is InChI=1S/Ca.Mn.H2O.H4Si.2H/h;;1H2;1H4;;. The Kier molecular flexibility index (Phi) is 194. The van der Waals surface area contributed by atoms with Crippen LogP contribution in [0.1, 0.15) is 0 Å². The summed E-state index contributed by atoms with van der Waals surface area (Å²) in [4.78, 5) is 0. The summed E-state index contributed by atoms with van der Waals surface area (Å²) in [6, 6.07) is 0. The molecular weight excluding hydrogens is 139 g/mol. The smallest absolute Gasteiger partial charge is 0 e. The van der Waals surface area contributed by atoms with E-state index in [-0.39, 0.29) is 71.2 Å². The normalized spacial score (nSPS) is 0. The van der Waals surface area contributed by atoms with E-state index in [0.29, 0.717) is 0 Å². The van der Waals surface area contributed by atoms with Crippen LogP contribution in [0, 0.1) is 0 Å². The van der Waals surface area contributed by atoms with Crippen molar-refractivity contribution in [3.63, 3.8) is 0 Å². The van der Waals surface area contributed by atoms with Crippen LogP contribution in [0.5, 0.6) is 0 Å². The Balaban J connectivity index is 0. The molecule has 0 amide bonds. The zero-order valence-corrected chi connectivity index (χ0v) is 2.06. The second-order valence-electron chi connectivity index (χ2n) is 0. The third kappa shape index (κ3) is 9.03. The molecule has 0 aliphatic rings. The second kappa shape index (κ2) is 20.3. The molecular formula is H8CaMnOSi. The molecule has 0 aromatic rings. The van der Waals surface area contributed by atoms with Crippen LogP contribution in [0.2, 0.25) is 0 Å². The van der Waals surface area contributed by atoms with E-state index in [1.165, 1.54) is 0 Å². The van der Waals surface area contributed by atoms with Crippen LogP contribution in [-0.2, 0) is 17.1 Å². The first kappa shape index (κ1) is 38.2. The first-order valence-corrected chi connectivity index (χ1v) is 0. The summed E-state index contributed by atoms with van der Waals surface area (Å²) in [6.07, 6.45) is 0. The summed E-state index contributed by atoms with van der Waals surface area (Å²) in [6.45, 7) is 0. The zero-order chi connectivity index (χ0) is 0. The second-order valence-corrected chi connectivity index (χ2v) is 0. The van der Waals surface area contributed by atoms with Crippen molar-refractivity contribution in [3.8, 4) is 0 Å². The summed E-state index contributed by atoms with van der Waals surface area (Å²) in [7, 11) is 0. The Hall–Kier alpha value is 1.96. The van der Waals surface area contributed by atoms with E-state index in [1.807, 2.05) is 0 Å². The molecule has 4 heteroatoms. The molecule has 0 saturated carbocycles. The van der Waals surface area contributed by atoms with Crippen molar-refractivity contribution in [3.05, 3.63) is 0 Å². The van der Waals surface area contributed by atoms with Gasteiger partial charge in [-0.2, -0.15) is 0 Å². The fraction of sp³-hybridized carbons (Fsp3) is 0. The third-order valence-electron chi connectivity index (χ3n) is 0. The average Bonchev–Trinajstić information content (AvgIpc) is 0. The van der Waals surface area contributed by atoms with Crippen LogP contribution in [0.4, 0.5) is 0 Å². The molecule has 0 saturated heterocycles. The van der Waals surface area contributed by atoms with Crippen LogP contribution in [0.25, 0.3) is 0 Å². The largest absolute Gasteiger partial charge is 0.0149 e. The van der Waals surface area contributed by atoms with Crippen molar-refractivity contribution in [1.82, 2.24) is 0 Å². The van der Waals surface area contributed by atoms with E-state index in [2.05, 4.69) is 0 Å². The van der Waals surface area contributed by atoms with Gasteiger partial charge in [0, 0.05) is 17.1 Å². The molecule has 0 aliphatic heterocycles. The molecule has 0 rings (SSSR count). The van der Waals surface area contributed by atoms with Crippen LogP contribution in [-0.4, -0.2) is 54.2 Å². The SMILES string of the molecule is O.[CaH2].[Mn].[SiH4]. The van der Waals surface area contributed by atoms with Crippen LogP contribution in [0.3, 0.4) is 0 Å². The first-order chi connectivity index (χ1) is 0. The predicted molar refractivity (Wildman–Crippen MR) is 23.5 cm³/mol. The van der Waals surface area contributed by atoms with Gasteiger partial charge in [-0.3, -0.25) is 0 Å². The number of rotatable bonds is 0. The van der Waals surface area contributed by atoms with Gasteiger partial charge in [0.05, 0.1) is 0 Å². The van der Waals surface area contributed by atoms with Gasteiger partial charge in [-0.15, -0.1) is 0 Å². The van der Waals surface area contributed by atoms with E-state index in [1.54, 1.807) is 0 Å². The van der Waals surface area contributed by atoms with Gasteiger partial charge in [0.2, 0.25) is 0 Å². The van der Waals surface area contributed by atoms with Crippen LogP contribution in [0.15, 0.2) is 0 Å². The first-order valence-electron chi connectivity index (χ1n) is 0. The van der Waals surface area contributed by atoms with Crippen molar-refractivity contribution in [1.29, 1.82) is 0 Å². The van der Waals surface area contributed by atoms with Crippen molar-refractivity contribution in [2.75, 3.05) is 0 Å². The summed E-state index contributed by atoms with van der Waals surface area (Å²) < 4.78 is 0. The molecule has 2 N–H and O–H groups in total. The van der Waals surface area contributed by atoms with Crippen molar-refractivity contribution < 1.29 is 22.5 Å². The van der Waals surface area contributed by atoms with Crippen molar-refractivity contribution in [2.24, 2.45) is 0 Å². The minimum Gasteiger partial charge on any atom is -0.0149 e. The Morgan fingerprint density at radius 3 is 1.00 bits per heavy atom. The van der Waals surface area contributed by atoms with E-state index < -0.39 is 0 Å². The Morgan fingerprint density at radius 1 is 1.00 bits per heavy atom. The summed E-state index contributed by atoms with van der Waals surface area (Å²) in [5, 5.41) is 0. The average molecular weight is 147 g/mol. The summed E-state index contributed by atoms with van der Waals surface area (Å²) >= 11 is 0. The van der Waals surface area contributed by atoms with E-state index in [4.69, 9.17) is 0 Å². The monoisotopic (exact) mass is 147 g/mol. The van der Waals surface area contributed by atoms with Crippen molar-refractivity contribution >= 4 is 48.7 Å².